The van der Waals surface area contributed by atoms with Crippen LogP contribution in [0.2, 0.25) is 0 Å². The lowest BCUT2D eigenvalue weighted by molar-refractivity contribution is -0.137. The van der Waals surface area contributed by atoms with Crippen molar-refractivity contribution >= 4 is 29.3 Å². The van der Waals surface area contributed by atoms with Gasteiger partial charge in [-0.25, -0.2) is 4.39 Å². The SMILES string of the molecule is CCN1C(=O)CC(Sc2cc(F)ccc2N)C1=O. The minimum atomic E-state index is -0.499. The summed E-state index contributed by atoms with van der Waals surface area (Å²) < 4.78 is 13.1. The van der Waals surface area contributed by atoms with Crippen LogP contribution in [0.5, 0.6) is 0 Å². The first-order valence-corrected chi connectivity index (χ1v) is 6.46. The zero-order valence-electron chi connectivity index (χ0n) is 9.85. The number of nitrogens with zero attached hydrogens (tertiary/aromatic N) is 1. The van der Waals surface area contributed by atoms with Crippen LogP contribution in [0.15, 0.2) is 23.1 Å². The molecule has 1 atom stereocenters. The Bertz CT molecular complexity index is 507. The lowest BCUT2D eigenvalue weighted by Crippen LogP contribution is -2.30. The second-order valence-electron chi connectivity index (χ2n) is 3.97. The minimum Gasteiger partial charge on any atom is -0.398 e. The number of anilines is 1. The number of amides is 2. The van der Waals surface area contributed by atoms with Crippen molar-refractivity contribution < 1.29 is 14.0 Å². The van der Waals surface area contributed by atoms with Crippen LogP contribution < -0.4 is 5.73 Å². The van der Waals surface area contributed by atoms with Crippen molar-refractivity contribution in [3.8, 4) is 0 Å². The topological polar surface area (TPSA) is 63.4 Å². The summed E-state index contributed by atoms with van der Waals surface area (Å²) in [5, 5.41) is -0.499. The van der Waals surface area contributed by atoms with Gasteiger partial charge in [0.1, 0.15) is 5.82 Å². The predicted octanol–water partition coefficient (Wildman–Crippen LogP) is 1.65. The van der Waals surface area contributed by atoms with E-state index < -0.39 is 11.1 Å². The molecule has 0 bridgehead atoms. The molecule has 2 amide bonds. The maximum Gasteiger partial charge on any atom is 0.243 e. The van der Waals surface area contributed by atoms with Crippen molar-refractivity contribution in [2.75, 3.05) is 12.3 Å². The number of carbonyl (C=O) groups is 2. The Labute approximate surface area is 108 Å². The molecule has 1 unspecified atom stereocenters. The second kappa shape index (κ2) is 4.97. The molecule has 4 nitrogen and oxygen atoms in total. The minimum absolute atomic E-state index is 0.146. The summed E-state index contributed by atoms with van der Waals surface area (Å²) in [7, 11) is 0. The fourth-order valence-electron chi connectivity index (χ4n) is 1.84. The van der Waals surface area contributed by atoms with Gasteiger partial charge in [0.05, 0.1) is 5.25 Å². The molecule has 18 heavy (non-hydrogen) atoms. The first kappa shape index (κ1) is 12.9. The molecule has 0 aliphatic carbocycles. The van der Waals surface area contributed by atoms with E-state index in [4.69, 9.17) is 5.73 Å². The maximum atomic E-state index is 13.1. The molecule has 0 saturated carbocycles. The van der Waals surface area contributed by atoms with Gasteiger partial charge in [-0.1, -0.05) is 0 Å². The quantitative estimate of drug-likeness (QED) is 0.668. The number of hydrogen-bond donors (Lipinski definition) is 1. The average Bonchev–Trinajstić information content (AvgIpc) is 2.59. The lowest BCUT2D eigenvalue weighted by atomic mass is 10.3. The molecule has 1 saturated heterocycles. The molecule has 2 rings (SSSR count). The Morgan fingerprint density at radius 2 is 2.22 bits per heavy atom. The van der Waals surface area contributed by atoms with Gasteiger partial charge in [-0.2, -0.15) is 0 Å². The van der Waals surface area contributed by atoms with Crippen LogP contribution in [-0.4, -0.2) is 28.5 Å². The van der Waals surface area contributed by atoms with E-state index in [0.29, 0.717) is 17.1 Å². The number of benzene rings is 1. The molecule has 0 aromatic heterocycles. The van der Waals surface area contributed by atoms with Crippen molar-refractivity contribution in [1.82, 2.24) is 4.90 Å². The number of nitrogen functional groups attached to an aromatic ring is 1. The second-order valence-corrected chi connectivity index (χ2v) is 5.21. The molecule has 96 valence electrons. The summed E-state index contributed by atoms with van der Waals surface area (Å²) >= 11 is 1.15. The van der Waals surface area contributed by atoms with Crippen LogP contribution in [-0.2, 0) is 9.59 Å². The Morgan fingerprint density at radius 3 is 2.83 bits per heavy atom. The van der Waals surface area contributed by atoms with Crippen molar-refractivity contribution in [2.24, 2.45) is 0 Å². The molecule has 1 aromatic rings. The van der Waals surface area contributed by atoms with Crippen LogP contribution in [0, 0.1) is 5.82 Å². The van der Waals surface area contributed by atoms with E-state index >= 15 is 0 Å². The van der Waals surface area contributed by atoms with E-state index in [1.54, 1.807) is 6.92 Å². The highest BCUT2D eigenvalue weighted by Gasteiger charge is 2.38. The van der Waals surface area contributed by atoms with Gasteiger partial charge in [-0.05, 0) is 25.1 Å². The van der Waals surface area contributed by atoms with Crippen molar-refractivity contribution in [2.45, 2.75) is 23.5 Å². The molecule has 6 heteroatoms. The lowest BCUT2D eigenvalue weighted by Gasteiger charge is -2.12. The first-order valence-electron chi connectivity index (χ1n) is 5.58. The number of carbonyl (C=O) groups excluding carboxylic acids is 2. The van der Waals surface area contributed by atoms with E-state index in [1.807, 2.05) is 0 Å². The van der Waals surface area contributed by atoms with Crippen molar-refractivity contribution in [3.63, 3.8) is 0 Å². The van der Waals surface area contributed by atoms with Gasteiger partial charge < -0.3 is 5.73 Å². The molecular weight excluding hydrogens is 255 g/mol. The van der Waals surface area contributed by atoms with Gasteiger partial charge >= 0.3 is 0 Å². The monoisotopic (exact) mass is 268 g/mol. The summed E-state index contributed by atoms with van der Waals surface area (Å²) in [5.74, 6) is -0.818. The molecular formula is C12H13FN2O2S. The maximum absolute atomic E-state index is 13.1. The van der Waals surface area contributed by atoms with Crippen LogP contribution in [0.3, 0.4) is 0 Å². The summed E-state index contributed by atoms with van der Waals surface area (Å²) in [5.41, 5.74) is 6.13. The zero-order valence-corrected chi connectivity index (χ0v) is 10.7. The summed E-state index contributed by atoms with van der Waals surface area (Å²) in [6.07, 6.45) is 0.146. The Hall–Kier alpha value is -1.56. The Kier molecular flexibility index (Phi) is 3.56. The van der Waals surface area contributed by atoms with E-state index in [0.717, 1.165) is 11.8 Å². The van der Waals surface area contributed by atoms with Gasteiger partial charge in [-0.15, -0.1) is 11.8 Å². The predicted molar refractivity (Wildman–Crippen MR) is 67.5 cm³/mol. The third kappa shape index (κ3) is 2.33. The summed E-state index contributed by atoms with van der Waals surface area (Å²) in [6.45, 7) is 2.12. The third-order valence-electron chi connectivity index (χ3n) is 2.76. The standard InChI is InChI=1S/C12H13FN2O2S/c1-2-15-11(16)6-10(12(15)17)18-9-5-7(13)3-4-8(9)14/h3-5,10H,2,6,14H2,1H3. The first-order chi connectivity index (χ1) is 8.52. The fraction of sp³-hybridized carbons (Fsp3) is 0.333. The van der Waals surface area contributed by atoms with Crippen molar-refractivity contribution in [1.29, 1.82) is 0 Å². The number of hydrogen-bond acceptors (Lipinski definition) is 4. The Balaban J connectivity index is 2.18. The number of nitrogens with two attached hydrogens (primary N) is 1. The zero-order chi connectivity index (χ0) is 13.3. The molecule has 1 aliphatic rings. The van der Waals surface area contributed by atoms with E-state index in [2.05, 4.69) is 0 Å². The normalized spacial score (nSPS) is 19.7. The number of likely N-dealkylation sites (tertiary alicyclic amines) is 1. The number of imide groups is 1. The smallest absolute Gasteiger partial charge is 0.243 e. The molecule has 0 radical (unpaired) electrons. The molecule has 1 aliphatic heterocycles. The van der Waals surface area contributed by atoms with Gasteiger partial charge in [0.15, 0.2) is 0 Å². The Morgan fingerprint density at radius 1 is 1.50 bits per heavy atom. The highest BCUT2D eigenvalue weighted by atomic mass is 32.2. The highest BCUT2D eigenvalue weighted by molar-refractivity contribution is 8.00. The van der Waals surface area contributed by atoms with Gasteiger partial charge in [0, 0.05) is 23.5 Å². The largest absolute Gasteiger partial charge is 0.398 e. The fourth-order valence-corrected chi connectivity index (χ4v) is 2.99. The van der Waals surface area contributed by atoms with Crippen molar-refractivity contribution in [3.05, 3.63) is 24.0 Å². The number of thioether (sulfide) groups is 1. The number of rotatable bonds is 3. The molecule has 0 spiro atoms. The molecule has 1 fully saturated rings. The van der Waals surface area contributed by atoms with Crippen LogP contribution in [0.4, 0.5) is 10.1 Å². The van der Waals surface area contributed by atoms with E-state index in [9.17, 15) is 14.0 Å². The van der Waals surface area contributed by atoms with Crippen LogP contribution in [0.25, 0.3) is 0 Å². The van der Waals surface area contributed by atoms with Gasteiger partial charge in [0.25, 0.3) is 0 Å². The number of halogens is 1. The summed E-state index contributed by atoms with van der Waals surface area (Å²) in [6, 6.07) is 4.00. The van der Waals surface area contributed by atoms with Gasteiger partial charge in [0.2, 0.25) is 11.8 Å². The molecule has 2 N–H and O–H groups in total. The summed E-state index contributed by atoms with van der Waals surface area (Å²) in [4.78, 5) is 25.2. The van der Waals surface area contributed by atoms with Crippen LogP contribution >= 0.6 is 11.8 Å². The van der Waals surface area contributed by atoms with Gasteiger partial charge in [-0.3, -0.25) is 14.5 Å². The van der Waals surface area contributed by atoms with Crippen LogP contribution in [0.1, 0.15) is 13.3 Å². The molecule has 1 heterocycles. The van der Waals surface area contributed by atoms with E-state index in [1.165, 1.54) is 23.1 Å². The molecule has 1 aromatic carbocycles. The highest BCUT2D eigenvalue weighted by Crippen LogP contribution is 2.34. The third-order valence-corrected chi connectivity index (χ3v) is 4.02. The van der Waals surface area contributed by atoms with E-state index in [-0.39, 0.29) is 18.2 Å². The average molecular weight is 268 g/mol.